The van der Waals surface area contributed by atoms with Crippen LogP contribution in [0, 0.1) is 6.92 Å². The number of pyridine rings is 1. The van der Waals surface area contributed by atoms with Crippen LogP contribution in [0.15, 0.2) is 59.4 Å². The van der Waals surface area contributed by atoms with Crippen LogP contribution in [0.2, 0.25) is 0 Å². The first kappa shape index (κ1) is 20.2. The number of fused-ring (bicyclic) bond motifs is 1. The summed E-state index contributed by atoms with van der Waals surface area (Å²) in [7, 11) is -0.574. The van der Waals surface area contributed by atoms with E-state index in [0.717, 1.165) is 22.2 Å². The van der Waals surface area contributed by atoms with E-state index in [4.69, 9.17) is 5.73 Å². The highest BCUT2D eigenvalue weighted by atomic mass is 32.2. The van der Waals surface area contributed by atoms with Gasteiger partial charge in [-0.1, -0.05) is 12.1 Å². The predicted molar refractivity (Wildman–Crippen MR) is 109 cm³/mol. The van der Waals surface area contributed by atoms with Gasteiger partial charge >= 0.3 is 0 Å². The topological polar surface area (TPSA) is 81.2 Å². The molecule has 1 aromatic carbocycles. The van der Waals surface area contributed by atoms with Crippen LogP contribution in [0.5, 0.6) is 0 Å². The fourth-order valence-corrected chi connectivity index (χ4v) is 4.17. The number of halogens is 1. The molecule has 0 bridgehead atoms. The lowest BCUT2D eigenvalue weighted by Crippen LogP contribution is -2.22. The quantitative estimate of drug-likeness (QED) is 0.687. The van der Waals surface area contributed by atoms with Crippen LogP contribution in [0.4, 0.5) is 4.39 Å². The van der Waals surface area contributed by atoms with Crippen molar-refractivity contribution in [3.8, 4) is 11.1 Å². The molecule has 6 nitrogen and oxygen atoms in total. The zero-order valence-corrected chi connectivity index (χ0v) is 16.9. The summed E-state index contributed by atoms with van der Waals surface area (Å²) >= 11 is 0. The summed E-state index contributed by atoms with van der Waals surface area (Å²) in [5.74, 6) is -0.344. The Morgan fingerprint density at radius 3 is 2.71 bits per heavy atom. The summed E-state index contributed by atoms with van der Waals surface area (Å²) in [6.45, 7) is 2.01. The molecular formula is C20H23FN4O2S. The predicted octanol–water partition coefficient (Wildman–Crippen LogP) is 3.07. The number of aromatic nitrogens is 2. The third-order valence-corrected chi connectivity index (χ3v) is 6.44. The van der Waals surface area contributed by atoms with Gasteiger partial charge in [0, 0.05) is 43.5 Å². The van der Waals surface area contributed by atoms with Gasteiger partial charge in [-0.2, -0.15) is 0 Å². The van der Waals surface area contributed by atoms with Crippen LogP contribution >= 0.6 is 0 Å². The summed E-state index contributed by atoms with van der Waals surface area (Å²) in [6.07, 6.45) is 2.98. The highest BCUT2D eigenvalue weighted by molar-refractivity contribution is 7.89. The van der Waals surface area contributed by atoms with E-state index >= 15 is 0 Å². The minimum Gasteiger partial charge on any atom is -0.327 e. The Labute approximate surface area is 164 Å². The maximum atomic E-state index is 14.2. The minimum absolute atomic E-state index is 0.0201. The van der Waals surface area contributed by atoms with Gasteiger partial charge in [-0.15, -0.1) is 0 Å². The summed E-state index contributed by atoms with van der Waals surface area (Å²) in [5, 5.41) is 0.833. The first-order valence-corrected chi connectivity index (χ1v) is 10.2. The molecule has 8 heteroatoms. The molecule has 0 saturated heterocycles. The second-order valence-corrected chi connectivity index (χ2v) is 8.77. The van der Waals surface area contributed by atoms with Crippen molar-refractivity contribution in [2.24, 2.45) is 5.73 Å². The zero-order chi connectivity index (χ0) is 20.5. The third-order valence-electron chi connectivity index (χ3n) is 4.63. The fraction of sp³-hybridized carbons (Fsp3) is 0.250. The maximum Gasteiger partial charge on any atom is 0.242 e. The van der Waals surface area contributed by atoms with Crippen molar-refractivity contribution in [3.05, 3.63) is 60.2 Å². The Hall–Kier alpha value is -2.55. The number of nitrogens with zero attached hydrogens (tertiary/aromatic N) is 3. The zero-order valence-electron chi connectivity index (χ0n) is 16.1. The van der Waals surface area contributed by atoms with Crippen molar-refractivity contribution in [2.45, 2.75) is 18.4 Å². The van der Waals surface area contributed by atoms with Gasteiger partial charge in [-0.3, -0.25) is 0 Å². The van der Waals surface area contributed by atoms with Crippen LogP contribution in [0.1, 0.15) is 5.69 Å². The molecule has 0 fully saturated rings. The standard InChI is InChI=1S/C20H23FN4O2S/c1-14-19(15-6-4-7-17(12-15)28(26,27)24(2)3)18-8-5-11-23-20(18)25(14)13-16(21)9-10-22/h4-9,11-12H,10,13,22H2,1-3H3/b16-9-. The second kappa shape index (κ2) is 7.83. The van der Waals surface area contributed by atoms with Crippen LogP contribution in [0.3, 0.4) is 0 Å². The van der Waals surface area contributed by atoms with E-state index in [1.54, 1.807) is 29.0 Å². The molecule has 0 saturated carbocycles. The molecular weight excluding hydrogens is 379 g/mol. The monoisotopic (exact) mass is 402 g/mol. The molecule has 0 atom stereocenters. The molecule has 3 aromatic rings. The molecule has 0 spiro atoms. The Morgan fingerprint density at radius 1 is 1.29 bits per heavy atom. The molecule has 2 heterocycles. The van der Waals surface area contributed by atoms with Gasteiger partial charge in [-0.25, -0.2) is 22.1 Å². The van der Waals surface area contributed by atoms with Gasteiger partial charge in [-0.05, 0) is 42.8 Å². The van der Waals surface area contributed by atoms with Crippen LogP contribution in [0.25, 0.3) is 22.2 Å². The van der Waals surface area contributed by atoms with Gasteiger partial charge in [0.05, 0.1) is 11.4 Å². The first-order valence-electron chi connectivity index (χ1n) is 8.78. The molecule has 2 aromatic heterocycles. The number of sulfonamides is 1. The third kappa shape index (κ3) is 3.58. The minimum atomic E-state index is -3.57. The Balaban J connectivity index is 2.23. The highest BCUT2D eigenvalue weighted by Gasteiger charge is 2.21. The smallest absolute Gasteiger partial charge is 0.242 e. The maximum absolute atomic E-state index is 14.2. The lowest BCUT2D eigenvalue weighted by molar-refractivity contribution is 0.521. The molecule has 2 N–H and O–H groups in total. The Kier molecular flexibility index (Phi) is 5.64. The highest BCUT2D eigenvalue weighted by Crippen LogP contribution is 2.35. The largest absolute Gasteiger partial charge is 0.327 e. The molecule has 0 unspecified atom stereocenters. The van der Waals surface area contributed by atoms with Crippen molar-refractivity contribution in [1.82, 2.24) is 13.9 Å². The number of allylic oxidation sites excluding steroid dienone is 1. The van der Waals surface area contributed by atoms with Crippen molar-refractivity contribution >= 4 is 21.1 Å². The summed E-state index contributed by atoms with van der Waals surface area (Å²) in [4.78, 5) is 4.61. The van der Waals surface area contributed by atoms with E-state index < -0.39 is 10.0 Å². The summed E-state index contributed by atoms with van der Waals surface area (Å²) < 4.78 is 42.2. The van der Waals surface area contributed by atoms with Crippen molar-refractivity contribution in [2.75, 3.05) is 20.6 Å². The molecule has 0 aliphatic heterocycles. The molecule has 0 aliphatic carbocycles. The van der Waals surface area contributed by atoms with E-state index in [9.17, 15) is 12.8 Å². The summed E-state index contributed by atoms with van der Waals surface area (Å²) in [5.41, 5.74) is 8.41. The molecule has 0 amide bonds. The van der Waals surface area contributed by atoms with E-state index in [1.807, 2.05) is 25.1 Å². The second-order valence-electron chi connectivity index (χ2n) is 6.62. The van der Waals surface area contributed by atoms with Crippen LogP contribution in [-0.4, -0.2) is 42.9 Å². The lowest BCUT2D eigenvalue weighted by atomic mass is 10.0. The van der Waals surface area contributed by atoms with E-state index in [1.165, 1.54) is 24.5 Å². The van der Waals surface area contributed by atoms with Gasteiger partial charge < -0.3 is 10.3 Å². The van der Waals surface area contributed by atoms with Crippen molar-refractivity contribution in [3.63, 3.8) is 0 Å². The lowest BCUT2D eigenvalue weighted by Gasteiger charge is -2.12. The average Bonchev–Trinajstić information content (AvgIpc) is 2.94. The molecule has 148 valence electrons. The first-order chi connectivity index (χ1) is 13.3. The normalized spacial score (nSPS) is 12.9. The number of benzene rings is 1. The number of hydrogen-bond donors (Lipinski definition) is 1. The molecule has 3 rings (SSSR count). The van der Waals surface area contributed by atoms with Crippen molar-refractivity contribution < 1.29 is 12.8 Å². The number of rotatable bonds is 6. The van der Waals surface area contributed by atoms with Gasteiger partial charge in [0.1, 0.15) is 11.5 Å². The Bertz CT molecular complexity index is 1150. The van der Waals surface area contributed by atoms with Gasteiger partial charge in [0.2, 0.25) is 10.0 Å². The van der Waals surface area contributed by atoms with Crippen molar-refractivity contribution in [1.29, 1.82) is 0 Å². The Morgan fingerprint density at radius 2 is 2.04 bits per heavy atom. The average molecular weight is 402 g/mol. The number of nitrogens with two attached hydrogens (primary N) is 1. The van der Waals surface area contributed by atoms with E-state index in [-0.39, 0.29) is 23.8 Å². The van der Waals surface area contributed by atoms with E-state index in [2.05, 4.69) is 4.98 Å². The SMILES string of the molecule is Cc1c(-c2cccc(S(=O)(=O)N(C)C)c2)c2cccnc2n1C/C(F)=C/CN. The molecule has 0 radical (unpaired) electrons. The van der Waals surface area contributed by atoms with Crippen LogP contribution < -0.4 is 5.73 Å². The van der Waals surface area contributed by atoms with Crippen LogP contribution in [-0.2, 0) is 16.6 Å². The fourth-order valence-electron chi connectivity index (χ4n) is 3.22. The summed E-state index contributed by atoms with van der Waals surface area (Å²) in [6, 6.07) is 10.5. The molecule has 0 aliphatic rings. The molecule has 28 heavy (non-hydrogen) atoms. The number of hydrogen-bond acceptors (Lipinski definition) is 4. The van der Waals surface area contributed by atoms with Gasteiger partial charge in [0.25, 0.3) is 0 Å². The van der Waals surface area contributed by atoms with E-state index in [0.29, 0.717) is 5.65 Å². The van der Waals surface area contributed by atoms with Gasteiger partial charge in [0.15, 0.2) is 0 Å².